The maximum Gasteiger partial charge on any atom is 0.250 e. The second kappa shape index (κ2) is 4.18. The molecule has 0 bridgehead atoms. The number of carbonyl (C=O) groups excluding carboxylic acids is 1. The Balaban J connectivity index is 2.03. The van der Waals surface area contributed by atoms with Crippen molar-refractivity contribution in [2.45, 2.75) is 13.0 Å². The molecule has 0 aliphatic carbocycles. The van der Waals surface area contributed by atoms with Crippen LogP contribution in [0, 0.1) is 0 Å². The van der Waals surface area contributed by atoms with E-state index in [-0.39, 0.29) is 11.9 Å². The van der Waals surface area contributed by atoms with E-state index in [1.54, 1.807) is 35.6 Å². The van der Waals surface area contributed by atoms with Gasteiger partial charge in [0.15, 0.2) is 0 Å². The number of nitrogens with zero attached hydrogens (tertiary/aromatic N) is 4. The van der Waals surface area contributed by atoms with Gasteiger partial charge in [0.2, 0.25) is 5.13 Å². The van der Waals surface area contributed by atoms with E-state index in [2.05, 4.69) is 20.6 Å². The molecule has 15 heavy (non-hydrogen) atoms. The van der Waals surface area contributed by atoms with Gasteiger partial charge in [-0.15, -0.1) is 10.2 Å². The Morgan fingerprint density at radius 1 is 1.67 bits per heavy atom. The van der Waals surface area contributed by atoms with E-state index < -0.39 is 0 Å². The summed E-state index contributed by atoms with van der Waals surface area (Å²) in [4.78, 5) is 11.7. The third kappa shape index (κ3) is 2.18. The Bertz CT molecular complexity index is 424. The largest absolute Gasteiger partial charge is 0.299 e. The lowest BCUT2D eigenvalue weighted by atomic mass is 10.3. The van der Waals surface area contributed by atoms with Crippen LogP contribution in [0.4, 0.5) is 5.13 Å². The summed E-state index contributed by atoms with van der Waals surface area (Å²) in [6, 6.07) is 1.42. The van der Waals surface area contributed by atoms with Gasteiger partial charge < -0.3 is 0 Å². The van der Waals surface area contributed by atoms with Crippen molar-refractivity contribution in [1.29, 1.82) is 0 Å². The number of nitrogens with one attached hydrogen (secondary N) is 1. The molecule has 0 saturated carbocycles. The SMILES string of the molecule is CC(C(=O)Nc1nncs1)n1cccn1. The second-order valence-electron chi connectivity index (χ2n) is 2.90. The first-order valence-corrected chi connectivity index (χ1v) is 5.21. The number of rotatable bonds is 3. The van der Waals surface area contributed by atoms with E-state index >= 15 is 0 Å². The summed E-state index contributed by atoms with van der Waals surface area (Å²) in [6.07, 6.45) is 3.37. The molecule has 0 aliphatic heterocycles. The van der Waals surface area contributed by atoms with Crippen molar-refractivity contribution < 1.29 is 4.79 Å². The standard InChI is InChI=1S/C8H9N5OS/c1-6(13-4-2-3-10-13)7(14)11-8-12-9-5-15-8/h2-6H,1H3,(H,11,12,14). The summed E-state index contributed by atoms with van der Waals surface area (Å²) in [5, 5.41) is 14.5. The van der Waals surface area contributed by atoms with Crippen LogP contribution in [0.25, 0.3) is 0 Å². The van der Waals surface area contributed by atoms with Gasteiger partial charge in [-0.2, -0.15) is 5.10 Å². The van der Waals surface area contributed by atoms with Crippen molar-refractivity contribution in [3.8, 4) is 0 Å². The van der Waals surface area contributed by atoms with Crippen molar-refractivity contribution in [1.82, 2.24) is 20.0 Å². The first kappa shape index (κ1) is 9.78. The number of carbonyl (C=O) groups is 1. The molecule has 0 aromatic carbocycles. The van der Waals surface area contributed by atoms with Crippen LogP contribution < -0.4 is 5.32 Å². The lowest BCUT2D eigenvalue weighted by Gasteiger charge is -2.10. The molecule has 7 heteroatoms. The molecule has 0 spiro atoms. The maximum atomic E-state index is 11.7. The van der Waals surface area contributed by atoms with Gasteiger partial charge in [0.25, 0.3) is 5.91 Å². The minimum Gasteiger partial charge on any atom is -0.299 e. The van der Waals surface area contributed by atoms with Crippen LogP contribution in [0.15, 0.2) is 24.0 Å². The molecule has 2 rings (SSSR count). The molecule has 2 heterocycles. The minimum absolute atomic E-state index is 0.157. The predicted molar refractivity (Wildman–Crippen MR) is 55.5 cm³/mol. The molecule has 1 N–H and O–H groups in total. The minimum atomic E-state index is -0.358. The van der Waals surface area contributed by atoms with E-state index in [4.69, 9.17) is 0 Å². The fourth-order valence-electron chi connectivity index (χ4n) is 1.07. The summed E-state index contributed by atoms with van der Waals surface area (Å²) in [6.45, 7) is 1.77. The molecular weight excluding hydrogens is 214 g/mol. The fourth-order valence-corrected chi connectivity index (χ4v) is 1.52. The van der Waals surface area contributed by atoms with E-state index in [1.807, 2.05) is 0 Å². The van der Waals surface area contributed by atoms with E-state index in [0.717, 1.165) is 0 Å². The Labute approximate surface area is 90.0 Å². The number of hydrogen-bond acceptors (Lipinski definition) is 5. The third-order valence-electron chi connectivity index (χ3n) is 1.89. The van der Waals surface area contributed by atoms with Crippen molar-refractivity contribution in [2.75, 3.05) is 5.32 Å². The van der Waals surface area contributed by atoms with E-state index in [1.165, 1.54) is 11.3 Å². The molecule has 1 atom stereocenters. The van der Waals surface area contributed by atoms with Crippen LogP contribution in [0.3, 0.4) is 0 Å². The second-order valence-corrected chi connectivity index (χ2v) is 3.73. The molecular formula is C8H9N5OS. The van der Waals surface area contributed by atoms with Crippen LogP contribution >= 0.6 is 11.3 Å². The summed E-state index contributed by atoms with van der Waals surface area (Å²) < 4.78 is 1.58. The van der Waals surface area contributed by atoms with E-state index in [9.17, 15) is 4.79 Å². The van der Waals surface area contributed by atoms with Crippen molar-refractivity contribution in [2.24, 2.45) is 0 Å². The topological polar surface area (TPSA) is 72.7 Å². The normalized spacial score (nSPS) is 12.3. The van der Waals surface area contributed by atoms with Crippen LogP contribution in [-0.4, -0.2) is 25.9 Å². The Kier molecular flexibility index (Phi) is 2.72. The van der Waals surface area contributed by atoms with Gasteiger partial charge >= 0.3 is 0 Å². The lowest BCUT2D eigenvalue weighted by molar-refractivity contribution is -0.119. The molecule has 1 amide bonds. The molecule has 2 aromatic rings. The van der Waals surface area contributed by atoms with Gasteiger partial charge in [0.1, 0.15) is 11.6 Å². The number of anilines is 1. The van der Waals surface area contributed by atoms with Crippen molar-refractivity contribution in [3.05, 3.63) is 24.0 Å². The quantitative estimate of drug-likeness (QED) is 0.840. The third-order valence-corrected chi connectivity index (χ3v) is 2.50. The molecule has 0 radical (unpaired) electrons. The number of hydrogen-bond donors (Lipinski definition) is 1. The van der Waals surface area contributed by atoms with Gasteiger partial charge in [-0.25, -0.2) is 0 Å². The molecule has 0 aliphatic rings. The highest BCUT2D eigenvalue weighted by Crippen LogP contribution is 2.11. The zero-order chi connectivity index (χ0) is 10.7. The summed E-state index contributed by atoms with van der Waals surface area (Å²) >= 11 is 1.28. The highest BCUT2D eigenvalue weighted by Gasteiger charge is 2.15. The van der Waals surface area contributed by atoms with Gasteiger partial charge in [-0.1, -0.05) is 11.3 Å². The summed E-state index contributed by atoms with van der Waals surface area (Å²) in [7, 11) is 0. The molecule has 0 fully saturated rings. The average molecular weight is 223 g/mol. The lowest BCUT2D eigenvalue weighted by Crippen LogP contribution is -2.23. The average Bonchev–Trinajstić information content (AvgIpc) is 2.88. The Morgan fingerprint density at radius 3 is 3.13 bits per heavy atom. The molecule has 0 saturated heterocycles. The smallest absolute Gasteiger partial charge is 0.250 e. The van der Waals surface area contributed by atoms with Gasteiger partial charge in [-0.3, -0.25) is 14.8 Å². The first-order chi connectivity index (χ1) is 7.27. The Hall–Kier alpha value is -1.76. The van der Waals surface area contributed by atoms with Crippen molar-refractivity contribution in [3.63, 3.8) is 0 Å². The molecule has 1 unspecified atom stereocenters. The first-order valence-electron chi connectivity index (χ1n) is 4.33. The zero-order valence-corrected chi connectivity index (χ0v) is 8.81. The number of amides is 1. The van der Waals surface area contributed by atoms with Crippen molar-refractivity contribution >= 4 is 22.4 Å². The van der Waals surface area contributed by atoms with Crippen LogP contribution in [0.5, 0.6) is 0 Å². The highest BCUT2D eigenvalue weighted by atomic mass is 32.1. The summed E-state index contributed by atoms with van der Waals surface area (Å²) in [5.74, 6) is -0.157. The van der Waals surface area contributed by atoms with Gasteiger partial charge in [-0.05, 0) is 13.0 Å². The molecule has 2 aromatic heterocycles. The number of aromatic nitrogens is 4. The van der Waals surface area contributed by atoms with Gasteiger partial charge in [0, 0.05) is 12.4 Å². The molecule has 78 valence electrons. The van der Waals surface area contributed by atoms with Crippen LogP contribution in [-0.2, 0) is 4.79 Å². The van der Waals surface area contributed by atoms with Gasteiger partial charge in [0.05, 0.1) is 0 Å². The monoisotopic (exact) mass is 223 g/mol. The highest BCUT2D eigenvalue weighted by molar-refractivity contribution is 7.13. The van der Waals surface area contributed by atoms with Crippen LogP contribution in [0.1, 0.15) is 13.0 Å². The predicted octanol–water partition coefficient (Wildman–Crippen LogP) is 0.934. The zero-order valence-electron chi connectivity index (χ0n) is 7.99. The Morgan fingerprint density at radius 2 is 2.53 bits per heavy atom. The maximum absolute atomic E-state index is 11.7. The summed E-state index contributed by atoms with van der Waals surface area (Å²) in [5.41, 5.74) is 1.56. The van der Waals surface area contributed by atoms with Crippen LogP contribution in [0.2, 0.25) is 0 Å². The fraction of sp³-hybridized carbons (Fsp3) is 0.250. The van der Waals surface area contributed by atoms with E-state index in [0.29, 0.717) is 5.13 Å². The molecule has 6 nitrogen and oxygen atoms in total.